The molecule has 2 heterocycles. The van der Waals surface area contributed by atoms with Gasteiger partial charge >= 0.3 is 0 Å². The average Bonchev–Trinajstić information content (AvgIpc) is 3.54. The molecule has 4 rings (SSSR count). The molecule has 1 aliphatic heterocycles. The van der Waals surface area contributed by atoms with Crippen molar-refractivity contribution >= 4 is 27.9 Å². The molecule has 2 aliphatic rings. The highest BCUT2D eigenvalue weighted by Gasteiger charge is 2.29. The van der Waals surface area contributed by atoms with Crippen LogP contribution in [0, 0.1) is 29.1 Å². The number of hydrogen-bond acceptors (Lipinski definition) is 7. The van der Waals surface area contributed by atoms with Gasteiger partial charge in [0.15, 0.2) is 5.01 Å². The smallest absolute Gasteiger partial charge is 0.263 e. The number of rotatable bonds is 5. The van der Waals surface area contributed by atoms with Crippen LogP contribution >= 0.6 is 11.3 Å². The van der Waals surface area contributed by atoms with E-state index in [0.29, 0.717) is 22.2 Å². The van der Waals surface area contributed by atoms with Crippen molar-refractivity contribution in [2.75, 3.05) is 12.4 Å². The van der Waals surface area contributed by atoms with Crippen molar-refractivity contribution in [3.05, 3.63) is 51.7 Å². The average molecular weight is 468 g/mol. The van der Waals surface area contributed by atoms with Crippen LogP contribution in [0.1, 0.15) is 42.3 Å². The van der Waals surface area contributed by atoms with E-state index in [0.717, 1.165) is 24.2 Å². The number of dihydropyridines is 1. The maximum Gasteiger partial charge on any atom is 0.263 e. The van der Waals surface area contributed by atoms with E-state index in [2.05, 4.69) is 32.7 Å². The molecule has 1 saturated carbocycles. The Morgan fingerprint density at radius 3 is 2.82 bits per heavy atom. The summed E-state index contributed by atoms with van der Waals surface area (Å²) < 4.78 is 32.1. The molecule has 2 aromatic rings. The molecule has 1 fully saturated rings. The zero-order valence-corrected chi connectivity index (χ0v) is 18.6. The standard InChI is InChI=1S/C23H19F2N5O2S/c1-12-20(22(31)28-23-30-29-19(33-23)8-5-13-3-4-13)17(10-15(11-26)27-12)16-9-14(21(24)25)6-7-18(16)32-2/h6-7,9-10,12-13,21,27H,3-4H2,1-2H3,(H,28,30,31). The molecule has 0 saturated heterocycles. The lowest BCUT2D eigenvalue weighted by Gasteiger charge is -2.26. The Balaban J connectivity index is 1.73. The molecule has 168 valence electrons. The number of ether oxygens (including phenoxy) is 1. The van der Waals surface area contributed by atoms with E-state index in [9.17, 15) is 18.8 Å². The van der Waals surface area contributed by atoms with Gasteiger partial charge in [0, 0.05) is 22.6 Å². The quantitative estimate of drug-likeness (QED) is 0.644. The van der Waals surface area contributed by atoms with Crippen LogP contribution in [0.5, 0.6) is 5.75 Å². The minimum absolute atomic E-state index is 0.201. The van der Waals surface area contributed by atoms with E-state index in [1.54, 1.807) is 6.92 Å². The second-order valence-corrected chi connectivity index (χ2v) is 8.51. The summed E-state index contributed by atoms with van der Waals surface area (Å²) in [6.07, 6.45) is 0.925. The number of nitrogens with zero attached hydrogens (tertiary/aromatic N) is 3. The van der Waals surface area contributed by atoms with Gasteiger partial charge in [-0.3, -0.25) is 10.1 Å². The third kappa shape index (κ3) is 5.02. The Morgan fingerprint density at radius 1 is 1.36 bits per heavy atom. The van der Waals surface area contributed by atoms with E-state index < -0.39 is 18.4 Å². The summed E-state index contributed by atoms with van der Waals surface area (Å²) in [7, 11) is 1.41. The number of hydrogen-bond donors (Lipinski definition) is 2. The summed E-state index contributed by atoms with van der Waals surface area (Å²) in [5.41, 5.74) is 0.827. The number of benzene rings is 1. The minimum atomic E-state index is -2.71. The fourth-order valence-electron chi connectivity index (χ4n) is 3.36. The molecule has 0 bridgehead atoms. The van der Waals surface area contributed by atoms with E-state index >= 15 is 0 Å². The predicted molar refractivity (Wildman–Crippen MR) is 119 cm³/mol. The highest BCUT2D eigenvalue weighted by Crippen LogP contribution is 2.36. The number of methoxy groups -OCH3 is 1. The number of halogens is 2. The van der Waals surface area contributed by atoms with E-state index in [1.807, 2.05) is 6.07 Å². The number of aromatic nitrogens is 2. The number of amides is 1. The topological polar surface area (TPSA) is 99.9 Å². The first-order valence-electron chi connectivity index (χ1n) is 10.1. The number of carbonyl (C=O) groups is 1. The third-order valence-corrected chi connectivity index (χ3v) is 5.87. The van der Waals surface area contributed by atoms with E-state index in [1.165, 1.54) is 31.4 Å². The van der Waals surface area contributed by atoms with Crippen LogP contribution in [0.4, 0.5) is 13.9 Å². The molecular formula is C23H19F2N5O2S. The van der Waals surface area contributed by atoms with Crippen molar-refractivity contribution < 1.29 is 18.3 Å². The summed E-state index contributed by atoms with van der Waals surface area (Å²) in [6.45, 7) is 1.70. The number of carbonyl (C=O) groups excluding carboxylic acids is 1. The molecule has 1 aliphatic carbocycles. The van der Waals surface area contributed by atoms with Gasteiger partial charge in [0.1, 0.15) is 17.5 Å². The largest absolute Gasteiger partial charge is 0.496 e. The molecule has 1 amide bonds. The highest BCUT2D eigenvalue weighted by atomic mass is 32.1. The van der Waals surface area contributed by atoms with Gasteiger partial charge in [0.25, 0.3) is 12.3 Å². The van der Waals surface area contributed by atoms with Gasteiger partial charge in [-0.15, -0.1) is 10.2 Å². The van der Waals surface area contributed by atoms with Gasteiger partial charge in [0.05, 0.1) is 13.2 Å². The lowest BCUT2D eigenvalue weighted by molar-refractivity contribution is -0.113. The van der Waals surface area contributed by atoms with Crippen LogP contribution in [0.3, 0.4) is 0 Å². The zero-order valence-electron chi connectivity index (χ0n) is 17.8. The van der Waals surface area contributed by atoms with E-state index in [-0.39, 0.29) is 27.5 Å². The number of nitriles is 1. The van der Waals surface area contributed by atoms with Crippen molar-refractivity contribution in [3.8, 4) is 23.7 Å². The molecule has 1 aromatic carbocycles. The monoisotopic (exact) mass is 467 g/mol. The van der Waals surface area contributed by atoms with Crippen LogP contribution < -0.4 is 15.4 Å². The number of alkyl halides is 2. The van der Waals surface area contributed by atoms with Gasteiger partial charge in [-0.2, -0.15) is 5.26 Å². The fraction of sp³-hybridized carbons (Fsp3) is 0.304. The Bertz CT molecular complexity index is 1260. The van der Waals surface area contributed by atoms with Gasteiger partial charge in [-0.1, -0.05) is 17.3 Å². The van der Waals surface area contributed by atoms with Crippen molar-refractivity contribution in [2.45, 2.75) is 32.2 Å². The zero-order chi connectivity index (χ0) is 23.5. The molecule has 10 heteroatoms. The first kappa shape index (κ1) is 22.4. The Kier molecular flexibility index (Phi) is 6.38. The normalized spacial score (nSPS) is 17.5. The summed E-state index contributed by atoms with van der Waals surface area (Å²) in [4.78, 5) is 13.3. The van der Waals surface area contributed by atoms with Crippen molar-refractivity contribution in [3.63, 3.8) is 0 Å². The van der Waals surface area contributed by atoms with Crippen molar-refractivity contribution in [1.29, 1.82) is 5.26 Å². The fourth-order valence-corrected chi connectivity index (χ4v) is 3.96. The van der Waals surface area contributed by atoms with Crippen molar-refractivity contribution in [1.82, 2.24) is 15.5 Å². The Labute approximate surface area is 193 Å². The summed E-state index contributed by atoms with van der Waals surface area (Å²) in [5.74, 6) is 6.26. The molecule has 1 atom stereocenters. The SMILES string of the molecule is COc1ccc(C(F)F)cc1C1=C(C(=O)Nc2nnc(C#CC3CC3)s2)C(C)NC(C#N)=C1. The lowest BCUT2D eigenvalue weighted by atomic mass is 9.90. The minimum Gasteiger partial charge on any atom is -0.496 e. The lowest BCUT2D eigenvalue weighted by Crippen LogP contribution is -2.36. The van der Waals surface area contributed by atoms with Gasteiger partial charge < -0.3 is 10.1 Å². The molecule has 0 radical (unpaired) electrons. The Hall–Kier alpha value is -3.76. The Morgan fingerprint density at radius 2 is 2.15 bits per heavy atom. The highest BCUT2D eigenvalue weighted by molar-refractivity contribution is 7.15. The van der Waals surface area contributed by atoms with Gasteiger partial charge in [0.2, 0.25) is 5.13 Å². The van der Waals surface area contributed by atoms with Crippen LogP contribution in [-0.2, 0) is 4.79 Å². The first-order chi connectivity index (χ1) is 15.9. The molecule has 33 heavy (non-hydrogen) atoms. The number of allylic oxidation sites excluding steroid dienone is 3. The van der Waals surface area contributed by atoms with Crippen LogP contribution in [-0.4, -0.2) is 29.3 Å². The summed E-state index contributed by atoms with van der Waals surface area (Å²) >= 11 is 1.15. The number of anilines is 1. The molecule has 0 spiro atoms. The third-order valence-electron chi connectivity index (χ3n) is 5.12. The van der Waals surface area contributed by atoms with Crippen LogP contribution in [0.15, 0.2) is 35.5 Å². The molecule has 1 unspecified atom stereocenters. The van der Waals surface area contributed by atoms with Crippen LogP contribution in [0.2, 0.25) is 0 Å². The van der Waals surface area contributed by atoms with E-state index in [4.69, 9.17) is 4.74 Å². The molecule has 1 aromatic heterocycles. The summed E-state index contributed by atoms with van der Waals surface area (Å²) in [6, 6.07) is 5.38. The number of nitrogens with one attached hydrogen (secondary N) is 2. The maximum absolute atomic E-state index is 13.4. The molecular weight excluding hydrogens is 448 g/mol. The van der Waals surface area contributed by atoms with Gasteiger partial charge in [-0.25, -0.2) is 8.78 Å². The van der Waals surface area contributed by atoms with Crippen LogP contribution in [0.25, 0.3) is 5.57 Å². The molecule has 2 N–H and O–H groups in total. The maximum atomic E-state index is 13.4. The molecule has 7 nitrogen and oxygen atoms in total. The van der Waals surface area contributed by atoms with Gasteiger partial charge in [-0.05, 0) is 55.5 Å². The summed E-state index contributed by atoms with van der Waals surface area (Å²) in [5, 5.41) is 23.8. The first-order valence-corrected chi connectivity index (χ1v) is 11.0. The second-order valence-electron chi connectivity index (χ2n) is 7.53. The second kappa shape index (κ2) is 9.39. The predicted octanol–water partition coefficient (Wildman–Crippen LogP) is 4.04. The van der Waals surface area contributed by atoms with Crippen molar-refractivity contribution in [2.24, 2.45) is 5.92 Å².